The quantitative estimate of drug-likeness (QED) is 0.264. The van der Waals surface area contributed by atoms with Crippen molar-refractivity contribution in [2.45, 2.75) is 27.3 Å². The molecule has 3 aromatic rings. The molecule has 1 atom stereocenters. The topological polar surface area (TPSA) is 180 Å². The molecule has 1 heterocycles. The van der Waals surface area contributed by atoms with E-state index in [1.807, 2.05) is 0 Å². The molecule has 0 spiro atoms. The van der Waals surface area contributed by atoms with Gasteiger partial charge in [0.1, 0.15) is 39.6 Å². The second-order valence-corrected chi connectivity index (χ2v) is 14.1. The molecule has 0 saturated carbocycles. The molecule has 0 aliphatic heterocycles. The van der Waals surface area contributed by atoms with Crippen molar-refractivity contribution in [3.8, 4) is 5.75 Å². The standard InChI is InChI=1S/C19H18F5N2O8PS3/c1-9-12-7-11(34-5-4-25)8-14(21)16(12)36-18(9)38(32,33)26-17(35(27,28)29)10-2-3-15(13(20)6-10)37(30,31)19(22,23)24/h2-3,6-8,17,26H,4-5,25H2,1H3,(H2,27,28,29)/p-1. The fourth-order valence-corrected chi connectivity index (χ4v) is 8.39. The highest BCUT2D eigenvalue weighted by molar-refractivity contribution is 7.92. The molecule has 0 saturated heterocycles. The molecule has 1 aromatic heterocycles. The molecule has 3 rings (SSSR count). The van der Waals surface area contributed by atoms with E-state index in [-0.39, 0.29) is 40.1 Å². The monoisotopic (exact) mass is 623 g/mol. The number of hydrogen-bond donors (Lipinski definition) is 2. The van der Waals surface area contributed by atoms with Gasteiger partial charge in [-0.1, -0.05) is 6.07 Å². The number of ether oxygens (including phenoxy) is 1. The number of aryl methyl sites for hydroxylation is 1. The van der Waals surface area contributed by atoms with Gasteiger partial charge >= 0.3 is 5.51 Å². The average molecular weight is 624 g/mol. The largest absolute Gasteiger partial charge is 0.809 e. The molecule has 10 nitrogen and oxygen atoms in total. The number of thiophene rings is 1. The summed E-state index contributed by atoms with van der Waals surface area (Å²) in [5.74, 6) is -5.64. The van der Waals surface area contributed by atoms with Gasteiger partial charge in [-0.05, 0) is 43.8 Å². The number of nitrogens with one attached hydrogen (secondary N) is 1. The molecule has 0 aliphatic carbocycles. The molecule has 19 heteroatoms. The SMILES string of the molecule is Cc1c(S(=O)(=O)NC(c2ccc(S(=O)(=O)C(F)(F)F)c(F)c2)P(=O)([O-])[O-])sc2c(F)cc(OCC[NH3+])cc12. The van der Waals surface area contributed by atoms with Crippen LogP contribution in [0.3, 0.4) is 0 Å². The first-order valence-electron chi connectivity index (χ1n) is 10.1. The maximum atomic E-state index is 14.6. The summed E-state index contributed by atoms with van der Waals surface area (Å²) >= 11 is 0.384. The summed E-state index contributed by atoms with van der Waals surface area (Å²) in [6.07, 6.45) is 0. The zero-order chi connectivity index (χ0) is 28.8. The molecular formula is C19H17F5N2O8PS3-. The molecule has 0 radical (unpaired) electrons. The fourth-order valence-electron chi connectivity index (χ4n) is 3.31. The normalized spacial score (nSPS) is 14.1. The van der Waals surface area contributed by atoms with Crippen LogP contribution in [0.1, 0.15) is 16.9 Å². The molecule has 2 aromatic carbocycles. The van der Waals surface area contributed by atoms with Crippen LogP contribution in [0.2, 0.25) is 0 Å². The first-order valence-corrected chi connectivity index (χ1v) is 15.5. The summed E-state index contributed by atoms with van der Waals surface area (Å²) in [4.78, 5) is 21.9. The van der Waals surface area contributed by atoms with Crippen molar-refractivity contribution in [2.24, 2.45) is 0 Å². The van der Waals surface area contributed by atoms with Gasteiger partial charge in [0.25, 0.3) is 19.9 Å². The highest BCUT2D eigenvalue weighted by Gasteiger charge is 2.48. The number of halogens is 5. The Morgan fingerprint density at radius 1 is 1.11 bits per heavy atom. The van der Waals surface area contributed by atoms with E-state index in [1.54, 1.807) is 4.72 Å². The Kier molecular flexibility index (Phi) is 8.33. The number of alkyl halides is 3. The van der Waals surface area contributed by atoms with Crippen LogP contribution in [-0.4, -0.2) is 35.5 Å². The van der Waals surface area contributed by atoms with E-state index in [1.165, 1.54) is 13.0 Å². The smallest absolute Gasteiger partial charge is 0.502 e. The van der Waals surface area contributed by atoms with Crippen LogP contribution in [0, 0.1) is 18.6 Å². The third kappa shape index (κ3) is 5.86. The minimum atomic E-state index is -6.18. The highest BCUT2D eigenvalue weighted by atomic mass is 32.2. The zero-order valence-corrected chi connectivity index (χ0v) is 22.3. The second-order valence-electron chi connectivity index (χ2n) is 7.70. The van der Waals surface area contributed by atoms with Crippen LogP contribution in [0.25, 0.3) is 10.1 Å². The number of sulfonamides is 1. The summed E-state index contributed by atoms with van der Waals surface area (Å²) in [6, 6.07) is 2.71. The van der Waals surface area contributed by atoms with Crippen molar-refractivity contribution in [1.82, 2.24) is 4.72 Å². The Hall–Kier alpha value is -2.18. The zero-order valence-electron chi connectivity index (χ0n) is 18.9. The number of quaternary nitrogens is 1. The summed E-state index contributed by atoms with van der Waals surface area (Å²) in [7, 11) is -17.2. The highest BCUT2D eigenvalue weighted by Crippen LogP contribution is 2.45. The van der Waals surface area contributed by atoms with Crippen molar-refractivity contribution in [2.75, 3.05) is 13.2 Å². The lowest BCUT2D eigenvalue weighted by atomic mass is 10.2. The lowest BCUT2D eigenvalue weighted by Crippen LogP contribution is -2.52. The van der Waals surface area contributed by atoms with Gasteiger partial charge in [-0.3, -0.25) is 0 Å². The first kappa shape index (κ1) is 30.4. The maximum absolute atomic E-state index is 14.6. The summed E-state index contributed by atoms with van der Waals surface area (Å²) in [5.41, 5.74) is -3.38. The summed E-state index contributed by atoms with van der Waals surface area (Å²) < 4.78 is 134. The fraction of sp³-hybridized carbons (Fsp3) is 0.263. The van der Waals surface area contributed by atoms with Crippen LogP contribution >= 0.6 is 18.9 Å². The third-order valence-electron chi connectivity index (χ3n) is 5.03. The van der Waals surface area contributed by atoms with Crippen LogP contribution in [0.5, 0.6) is 5.75 Å². The van der Waals surface area contributed by atoms with E-state index in [0.717, 1.165) is 6.07 Å². The van der Waals surface area contributed by atoms with Crippen molar-refractivity contribution < 1.29 is 63.6 Å². The molecule has 1 unspecified atom stereocenters. The Balaban J connectivity index is 2.08. The van der Waals surface area contributed by atoms with Crippen LogP contribution in [0.4, 0.5) is 22.0 Å². The van der Waals surface area contributed by atoms with Crippen LogP contribution < -0.4 is 25.0 Å². The predicted molar refractivity (Wildman–Crippen MR) is 120 cm³/mol. The number of fused-ring (bicyclic) bond motifs is 1. The van der Waals surface area contributed by atoms with E-state index in [2.05, 4.69) is 5.73 Å². The molecule has 210 valence electrons. The van der Waals surface area contributed by atoms with E-state index in [4.69, 9.17) is 4.74 Å². The first-order chi connectivity index (χ1) is 17.3. The minimum Gasteiger partial charge on any atom is -0.809 e. The molecule has 4 N–H and O–H groups in total. The lowest BCUT2D eigenvalue weighted by molar-refractivity contribution is -0.370. The molecule has 0 fully saturated rings. The van der Waals surface area contributed by atoms with E-state index in [9.17, 15) is 53.1 Å². The number of hydrogen-bond acceptors (Lipinski definition) is 9. The van der Waals surface area contributed by atoms with Crippen molar-refractivity contribution in [3.05, 3.63) is 53.1 Å². The average Bonchev–Trinajstić information content (AvgIpc) is 3.12. The van der Waals surface area contributed by atoms with Crippen LogP contribution in [-0.2, 0) is 24.4 Å². The van der Waals surface area contributed by atoms with Gasteiger partial charge < -0.3 is 24.8 Å². The Morgan fingerprint density at radius 2 is 1.74 bits per heavy atom. The lowest BCUT2D eigenvalue weighted by Gasteiger charge is -2.38. The van der Waals surface area contributed by atoms with Crippen molar-refractivity contribution in [3.63, 3.8) is 0 Å². The van der Waals surface area contributed by atoms with E-state index in [0.29, 0.717) is 23.9 Å². The maximum Gasteiger partial charge on any atom is 0.502 e. The molecule has 0 bridgehead atoms. The predicted octanol–water partition coefficient (Wildman–Crippen LogP) is 1.29. The Labute approximate surface area is 216 Å². The molecular weight excluding hydrogens is 606 g/mol. The van der Waals surface area contributed by atoms with Gasteiger partial charge in [0, 0.05) is 11.5 Å². The van der Waals surface area contributed by atoms with E-state index < -0.39 is 65.1 Å². The van der Waals surface area contributed by atoms with Gasteiger partial charge in [0.05, 0.1) is 10.5 Å². The van der Waals surface area contributed by atoms with Gasteiger partial charge in [0.2, 0.25) is 0 Å². The van der Waals surface area contributed by atoms with Gasteiger partial charge in [0.15, 0.2) is 0 Å². The number of rotatable bonds is 9. The summed E-state index contributed by atoms with van der Waals surface area (Å²) in [5, 5.41) is 0.0890. The second kappa shape index (κ2) is 10.4. The van der Waals surface area contributed by atoms with Crippen LogP contribution in [0.15, 0.2) is 39.4 Å². The van der Waals surface area contributed by atoms with E-state index >= 15 is 0 Å². The number of benzene rings is 2. The molecule has 0 aliphatic rings. The number of sulfone groups is 1. The van der Waals surface area contributed by atoms with Crippen molar-refractivity contribution >= 4 is 48.9 Å². The molecule has 38 heavy (non-hydrogen) atoms. The summed E-state index contributed by atoms with van der Waals surface area (Å²) in [6.45, 7) is 1.74. The molecule has 0 amide bonds. The van der Waals surface area contributed by atoms with Gasteiger partial charge in [-0.25, -0.2) is 25.6 Å². The minimum absolute atomic E-state index is 0.0160. The Morgan fingerprint density at radius 3 is 2.26 bits per heavy atom. The van der Waals surface area contributed by atoms with Crippen molar-refractivity contribution in [1.29, 1.82) is 0 Å². The van der Waals surface area contributed by atoms with Gasteiger partial charge in [-0.2, -0.15) is 17.9 Å². The Bertz CT molecular complexity index is 1650. The third-order valence-corrected chi connectivity index (χ3v) is 11.1. The van der Waals surface area contributed by atoms with Gasteiger partial charge in [-0.15, -0.1) is 11.3 Å².